The Bertz CT molecular complexity index is 813. The number of hydrogen-bond donors (Lipinski definition) is 0. The van der Waals surface area contributed by atoms with Gasteiger partial charge >= 0.3 is 0 Å². The number of pyridine rings is 1. The summed E-state index contributed by atoms with van der Waals surface area (Å²) in [5.41, 5.74) is 4.86. The molecule has 0 N–H and O–H groups in total. The average Bonchev–Trinajstić information content (AvgIpc) is 3.00. The lowest BCUT2D eigenvalue weighted by Gasteiger charge is -2.27. The summed E-state index contributed by atoms with van der Waals surface area (Å²) in [5.74, 6) is 0.800. The molecule has 0 unspecified atom stereocenters. The van der Waals surface area contributed by atoms with Crippen molar-refractivity contribution in [3.63, 3.8) is 0 Å². The van der Waals surface area contributed by atoms with Crippen LogP contribution in [0, 0.1) is 6.92 Å². The van der Waals surface area contributed by atoms with Gasteiger partial charge in [-0.2, -0.15) is 0 Å². The number of aromatic nitrogens is 3. The first-order chi connectivity index (χ1) is 11.3. The molecular weight excluding hydrogens is 304 g/mol. The van der Waals surface area contributed by atoms with Gasteiger partial charge in [0.05, 0.1) is 5.69 Å². The molecule has 0 spiro atoms. The van der Waals surface area contributed by atoms with Gasteiger partial charge in [-0.05, 0) is 36.1 Å². The van der Waals surface area contributed by atoms with E-state index in [1.165, 1.54) is 21.7 Å². The third-order valence-electron chi connectivity index (χ3n) is 4.29. The number of aryl methyl sites for hydroxylation is 1. The molecule has 0 amide bonds. The van der Waals surface area contributed by atoms with E-state index in [0.29, 0.717) is 0 Å². The highest BCUT2D eigenvalue weighted by Gasteiger charge is 2.19. The number of hydrogen-bond acceptors (Lipinski definition) is 5. The molecule has 0 saturated heterocycles. The molecule has 0 fully saturated rings. The van der Waals surface area contributed by atoms with Crippen LogP contribution in [0.1, 0.15) is 21.7 Å². The second-order valence-electron chi connectivity index (χ2n) is 5.89. The molecule has 0 bridgehead atoms. The summed E-state index contributed by atoms with van der Waals surface area (Å²) in [7, 11) is 0. The molecule has 3 aromatic heterocycles. The highest BCUT2D eigenvalue weighted by Crippen LogP contribution is 2.24. The van der Waals surface area contributed by atoms with Crippen LogP contribution in [0.3, 0.4) is 0 Å². The lowest BCUT2D eigenvalue weighted by molar-refractivity contribution is 0.244. The number of thiophene rings is 1. The Hall–Kier alpha value is -2.11. The fourth-order valence-corrected chi connectivity index (χ4v) is 3.87. The Morgan fingerprint density at radius 2 is 2.09 bits per heavy atom. The third kappa shape index (κ3) is 3.02. The van der Waals surface area contributed by atoms with Crippen molar-refractivity contribution in [1.29, 1.82) is 0 Å². The molecule has 4 heterocycles. The zero-order valence-corrected chi connectivity index (χ0v) is 13.9. The maximum atomic E-state index is 4.77. The summed E-state index contributed by atoms with van der Waals surface area (Å²) < 4.78 is 0. The summed E-state index contributed by atoms with van der Waals surface area (Å²) in [5, 5.41) is 2.17. The largest absolute Gasteiger partial charge is 0.293 e. The van der Waals surface area contributed by atoms with Crippen LogP contribution in [0.5, 0.6) is 0 Å². The van der Waals surface area contributed by atoms with Crippen molar-refractivity contribution in [1.82, 2.24) is 19.9 Å². The van der Waals surface area contributed by atoms with Crippen LogP contribution in [-0.4, -0.2) is 26.4 Å². The highest BCUT2D eigenvalue weighted by molar-refractivity contribution is 7.10. The Kier molecular flexibility index (Phi) is 3.89. The van der Waals surface area contributed by atoms with Crippen LogP contribution in [0.15, 0.2) is 42.2 Å². The summed E-state index contributed by atoms with van der Waals surface area (Å²) in [6.07, 6.45) is 6.54. The summed E-state index contributed by atoms with van der Waals surface area (Å²) >= 11 is 1.85. The average molecular weight is 322 g/mol. The fourth-order valence-electron chi connectivity index (χ4n) is 2.92. The van der Waals surface area contributed by atoms with Crippen LogP contribution in [0.2, 0.25) is 0 Å². The SMILES string of the molecule is Cc1ccsc1CN1CCc2nc(-c3ccncc3)ncc2C1. The molecule has 116 valence electrons. The van der Waals surface area contributed by atoms with Gasteiger partial charge in [0.2, 0.25) is 0 Å². The number of rotatable bonds is 3. The Morgan fingerprint density at radius 3 is 2.87 bits per heavy atom. The molecule has 0 atom stereocenters. The fraction of sp³-hybridized carbons (Fsp3) is 0.278. The Balaban J connectivity index is 1.53. The van der Waals surface area contributed by atoms with Crippen molar-refractivity contribution in [2.24, 2.45) is 0 Å². The number of fused-ring (bicyclic) bond motifs is 1. The molecule has 0 aromatic carbocycles. The van der Waals surface area contributed by atoms with Crippen molar-refractivity contribution in [2.45, 2.75) is 26.4 Å². The van der Waals surface area contributed by atoms with E-state index < -0.39 is 0 Å². The van der Waals surface area contributed by atoms with Crippen LogP contribution >= 0.6 is 11.3 Å². The maximum Gasteiger partial charge on any atom is 0.159 e. The third-order valence-corrected chi connectivity index (χ3v) is 5.29. The van der Waals surface area contributed by atoms with E-state index in [2.05, 4.69) is 33.2 Å². The van der Waals surface area contributed by atoms with E-state index in [4.69, 9.17) is 4.98 Å². The van der Waals surface area contributed by atoms with E-state index in [-0.39, 0.29) is 0 Å². The van der Waals surface area contributed by atoms with Gasteiger partial charge in [-0.3, -0.25) is 9.88 Å². The van der Waals surface area contributed by atoms with Crippen molar-refractivity contribution >= 4 is 11.3 Å². The molecule has 3 aromatic rings. The molecular formula is C18H18N4S. The molecule has 0 radical (unpaired) electrons. The molecule has 23 heavy (non-hydrogen) atoms. The highest BCUT2D eigenvalue weighted by atomic mass is 32.1. The zero-order chi connectivity index (χ0) is 15.6. The molecule has 1 aliphatic rings. The summed E-state index contributed by atoms with van der Waals surface area (Å²) in [4.78, 5) is 17.3. The van der Waals surface area contributed by atoms with Crippen molar-refractivity contribution in [3.8, 4) is 11.4 Å². The van der Waals surface area contributed by atoms with E-state index in [1.807, 2.05) is 29.7 Å². The standard InChI is InChI=1S/C18H18N4S/c1-13-5-9-23-17(13)12-22-8-4-16-15(11-22)10-20-18(21-16)14-2-6-19-7-3-14/h2-3,5-7,9-10H,4,8,11-12H2,1H3. The van der Waals surface area contributed by atoms with E-state index in [0.717, 1.165) is 37.4 Å². The molecule has 0 aliphatic carbocycles. The zero-order valence-electron chi connectivity index (χ0n) is 13.1. The number of nitrogens with zero attached hydrogens (tertiary/aromatic N) is 4. The van der Waals surface area contributed by atoms with Gasteiger partial charge in [0.25, 0.3) is 0 Å². The van der Waals surface area contributed by atoms with Gasteiger partial charge in [-0.15, -0.1) is 11.3 Å². The Labute approximate surface area is 139 Å². The van der Waals surface area contributed by atoms with Gasteiger partial charge in [-0.25, -0.2) is 9.97 Å². The van der Waals surface area contributed by atoms with Crippen LogP contribution < -0.4 is 0 Å². The van der Waals surface area contributed by atoms with Gasteiger partial charge in [0.15, 0.2) is 5.82 Å². The molecule has 0 saturated carbocycles. The maximum absolute atomic E-state index is 4.77. The Morgan fingerprint density at radius 1 is 1.22 bits per heavy atom. The second-order valence-corrected chi connectivity index (χ2v) is 6.89. The molecule has 4 nitrogen and oxygen atoms in total. The first-order valence-corrected chi connectivity index (χ1v) is 8.68. The predicted octanol–water partition coefficient (Wildman–Crippen LogP) is 3.47. The van der Waals surface area contributed by atoms with E-state index in [1.54, 1.807) is 12.4 Å². The van der Waals surface area contributed by atoms with Gasteiger partial charge in [0, 0.05) is 60.6 Å². The minimum atomic E-state index is 0.800. The molecule has 1 aliphatic heterocycles. The van der Waals surface area contributed by atoms with E-state index in [9.17, 15) is 0 Å². The predicted molar refractivity (Wildman–Crippen MR) is 92.1 cm³/mol. The normalized spacial score (nSPS) is 14.7. The lowest BCUT2D eigenvalue weighted by Crippen LogP contribution is -2.30. The minimum Gasteiger partial charge on any atom is -0.293 e. The summed E-state index contributed by atoms with van der Waals surface area (Å²) in [6.45, 7) is 5.20. The quantitative estimate of drug-likeness (QED) is 0.740. The first kappa shape index (κ1) is 14.5. The topological polar surface area (TPSA) is 41.9 Å². The van der Waals surface area contributed by atoms with Crippen molar-refractivity contribution in [2.75, 3.05) is 6.54 Å². The minimum absolute atomic E-state index is 0.800. The molecule has 5 heteroatoms. The van der Waals surface area contributed by atoms with Gasteiger partial charge < -0.3 is 0 Å². The van der Waals surface area contributed by atoms with Crippen LogP contribution in [-0.2, 0) is 19.5 Å². The van der Waals surface area contributed by atoms with Gasteiger partial charge in [-0.1, -0.05) is 0 Å². The van der Waals surface area contributed by atoms with Crippen molar-refractivity contribution in [3.05, 3.63) is 63.9 Å². The monoisotopic (exact) mass is 322 g/mol. The van der Waals surface area contributed by atoms with Crippen molar-refractivity contribution < 1.29 is 0 Å². The van der Waals surface area contributed by atoms with Crippen LogP contribution in [0.25, 0.3) is 11.4 Å². The van der Waals surface area contributed by atoms with E-state index >= 15 is 0 Å². The van der Waals surface area contributed by atoms with Gasteiger partial charge in [0.1, 0.15) is 0 Å². The first-order valence-electron chi connectivity index (χ1n) is 7.80. The second kappa shape index (κ2) is 6.18. The lowest BCUT2D eigenvalue weighted by atomic mass is 10.1. The smallest absolute Gasteiger partial charge is 0.159 e. The molecule has 4 rings (SSSR count). The van der Waals surface area contributed by atoms with Crippen LogP contribution in [0.4, 0.5) is 0 Å². The summed E-state index contributed by atoms with van der Waals surface area (Å²) in [6, 6.07) is 6.11.